The Balaban J connectivity index is 1.89. The number of aliphatic carboxylic acids is 1. The van der Waals surface area contributed by atoms with E-state index in [4.69, 9.17) is 9.84 Å². The fourth-order valence-corrected chi connectivity index (χ4v) is 2.46. The molecular formula is C18H23N3O4. The SMILES string of the molecule is Cc1nn(C)c(C)c1OCC(=O)Nc1ccc(CC(C)C(=O)O)cc1. The lowest BCUT2D eigenvalue weighted by Crippen LogP contribution is -2.20. The number of carbonyl (C=O) groups is 2. The molecule has 1 aromatic carbocycles. The molecule has 0 fully saturated rings. The van der Waals surface area contributed by atoms with Crippen molar-refractivity contribution in [2.45, 2.75) is 27.2 Å². The molecule has 0 aliphatic carbocycles. The van der Waals surface area contributed by atoms with Crippen molar-refractivity contribution in [3.63, 3.8) is 0 Å². The van der Waals surface area contributed by atoms with Crippen molar-refractivity contribution >= 4 is 17.6 Å². The highest BCUT2D eigenvalue weighted by molar-refractivity contribution is 5.91. The molecule has 0 aliphatic rings. The van der Waals surface area contributed by atoms with E-state index in [1.807, 2.05) is 33.0 Å². The van der Waals surface area contributed by atoms with Crippen LogP contribution in [0.4, 0.5) is 5.69 Å². The molecule has 134 valence electrons. The Bertz CT molecular complexity index is 765. The number of ether oxygens (including phenoxy) is 1. The van der Waals surface area contributed by atoms with E-state index in [9.17, 15) is 9.59 Å². The van der Waals surface area contributed by atoms with Crippen LogP contribution in [0.2, 0.25) is 0 Å². The topological polar surface area (TPSA) is 93.5 Å². The zero-order valence-electron chi connectivity index (χ0n) is 14.9. The molecule has 0 spiro atoms. The molecule has 0 saturated heterocycles. The van der Waals surface area contributed by atoms with Crippen LogP contribution in [-0.2, 0) is 23.1 Å². The van der Waals surface area contributed by atoms with Crippen LogP contribution in [0.5, 0.6) is 5.75 Å². The number of carboxylic acids is 1. The molecule has 0 saturated carbocycles. The number of aromatic nitrogens is 2. The first-order valence-corrected chi connectivity index (χ1v) is 8.02. The van der Waals surface area contributed by atoms with E-state index < -0.39 is 11.9 Å². The van der Waals surface area contributed by atoms with Crippen molar-refractivity contribution in [3.8, 4) is 5.75 Å². The van der Waals surface area contributed by atoms with Gasteiger partial charge in [0.1, 0.15) is 5.69 Å². The zero-order chi connectivity index (χ0) is 18.6. The minimum Gasteiger partial charge on any atom is -0.481 e. The van der Waals surface area contributed by atoms with Crippen LogP contribution in [0.15, 0.2) is 24.3 Å². The fraction of sp³-hybridized carbons (Fsp3) is 0.389. The maximum Gasteiger partial charge on any atom is 0.306 e. The van der Waals surface area contributed by atoms with Crippen LogP contribution in [0.25, 0.3) is 0 Å². The normalized spacial score (nSPS) is 11.8. The highest BCUT2D eigenvalue weighted by Gasteiger charge is 2.13. The predicted molar refractivity (Wildman–Crippen MR) is 93.8 cm³/mol. The second kappa shape index (κ2) is 7.83. The van der Waals surface area contributed by atoms with Crippen molar-refractivity contribution in [3.05, 3.63) is 41.2 Å². The second-order valence-corrected chi connectivity index (χ2v) is 6.10. The summed E-state index contributed by atoms with van der Waals surface area (Å²) in [5, 5.41) is 15.9. The first-order valence-electron chi connectivity index (χ1n) is 8.02. The molecule has 2 aromatic rings. The number of carbonyl (C=O) groups excluding carboxylic acids is 1. The van der Waals surface area contributed by atoms with Gasteiger partial charge in [-0.1, -0.05) is 19.1 Å². The van der Waals surface area contributed by atoms with Gasteiger partial charge in [0, 0.05) is 12.7 Å². The molecule has 25 heavy (non-hydrogen) atoms. The van der Waals surface area contributed by atoms with E-state index in [1.165, 1.54) is 0 Å². The van der Waals surface area contributed by atoms with Crippen molar-refractivity contribution in [2.24, 2.45) is 13.0 Å². The Hall–Kier alpha value is -2.83. The minimum atomic E-state index is -0.824. The average Bonchev–Trinajstić information content (AvgIpc) is 2.79. The Morgan fingerprint density at radius 2 is 1.92 bits per heavy atom. The third kappa shape index (κ3) is 4.82. The number of hydrogen-bond donors (Lipinski definition) is 2. The van der Waals surface area contributed by atoms with Crippen LogP contribution in [0.1, 0.15) is 23.9 Å². The first-order chi connectivity index (χ1) is 11.8. The number of amides is 1. The molecule has 0 bridgehead atoms. The van der Waals surface area contributed by atoms with Gasteiger partial charge in [-0.15, -0.1) is 0 Å². The monoisotopic (exact) mass is 345 g/mol. The lowest BCUT2D eigenvalue weighted by Gasteiger charge is -2.09. The summed E-state index contributed by atoms with van der Waals surface area (Å²) in [6, 6.07) is 7.13. The van der Waals surface area contributed by atoms with E-state index in [1.54, 1.807) is 23.7 Å². The Morgan fingerprint density at radius 1 is 1.28 bits per heavy atom. The summed E-state index contributed by atoms with van der Waals surface area (Å²) in [5.41, 5.74) is 3.15. The molecule has 7 nitrogen and oxygen atoms in total. The Kier molecular flexibility index (Phi) is 5.80. The van der Waals surface area contributed by atoms with E-state index in [0.717, 1.165) is 17.0 Å². The van der Waals surface area contributed by atoms with Gasteiger partial charge in [0.15, 0.2) is 12.4 Å². The highest BCUT2D eigenvalue weighted by atomic mass is 16.5. The smallest absolute Gasteiger partial charge is 0.306 e. The number of nitrogens with zero attached hydrogens (tertiary/aromatic N) is 2. The summed E-state index contributed by atoms with van der Waals surface area (Å²) < 4.78 is 7.27. The van der Waals surface area contributed by atoms with Gasteiger partial charge >= 0.3 is 5.97 Å². The quantitative estimate of drug-likeness (QED) is 0.803. The molecule has 1 atom stereocenters. The Morgan fingerprint density at radius 3 is 2.44 bits per heavy atom. The van der Waals surface area contributed by atoms with Crippen molar-refractivity contribution in [1.29, 1.82) is 0 Å². The molecule has 1 heterocycles. The predicted octanol–water partition coefficient (Wildman–Crippen LogP) is 2.32. The van der Waals surface area contributed by atoms with Gasteiger partial charge in [-0.05, 0) is 38.0 Å². The number of carboxylic acid groups (broad SMARTS) is 1. The van der Waals surface area contributed by atoms with Gasteiger partial charge in [0.05, 0.1) is 11.6 Å². The molecule has 1 aromatic heterocycles. The molecular weight excluding hydrogens is 322 g/mol. The number of benzene rings is 1. The van der Waals surface area contributed by atoms with Crippen molar-refractivity contribution in [2.75, 3.05) is 11.9 Å². The number of nitrogens with one attached hydrogen (secondary N) is 1. The summed E-state index contributed by atoms with van der Waals surface area (Å²) in [6.45, 7) is 5.27. The van der Waals surface area contributed by atoms with Crippen molar-refractivity contribution < 1.29 is 19.4 Å². The number of anilines is 1. The second-order valence-electron chi connectivity index (χ2n) is 6.10. The molecule has 2 N–H and O–H groups in total. The molecule has 0 radical (unpaired) electrons. The van der Waals surface area contributed by atoms with Crippen LogP contribution in [0, 0.1) is 19.8 Å². The largest absolute Gasteiger partial charge is 0.481 e. The van der Waals surface area contributed by atoms with Gasteiger partial charge in [0.25, 0.3) is 5.91 Å². The van der Waals surface area contributed by atoms with E-state index >= 15 is 0 Å². The summed E-state index contributed by atoms with van der Waals surface area (Å²) in [7, 11) is 1.82. The van der Waals surface area contributed by atoms with Gasteiger partial charge in [-0.2, -0.15) is 5.10 Å². The number of rotatable bonds is 7. The van der Waals surface area contributed by atoms with Crippen LogP contribution in [-0.4, -0.2) is 33.4 Å². The van der Waals surface area contributed by atoms with Gasteiger partial charge < -0.3 is 15.2 Å². The molecule has 1 amide bonds. The van der Waals surface area contributed by atoms with Crippen molar-refractivity contribution in [1.82, 2.24) is 9.78 Å². The summed E-state index contributed by atoms with van der Waals surface area (Å²) in [6.07, 6.45) is 0.451. The maximum atomic E-state index is 12.0. The zero-order valence-corrected chi connectivity index (χ0v) is 14.9. The third-order valence-electron chi connectivity index (χ3n) is 3.99. The lowest BCUT2D eigenvalue weighted by atomic mass is 10.0. The van der Waals surface area contributed by atoms with Gasteiger partial charge in [-0.25, -0.2) is 0 Å². The Labute approximate surface area is 146 Å². The first kappa shape index (κ1) is 18.5. The van der Waals surface area contributed by atoms with Gasteiger partial charge in [0.2, 0.25) is 0 Å². The molecule has 1 unspecified atom stereocenters. The number of hydrogen-bond acceptors (Lipinski definition) is 4. The van der Waals surface area contributed by atoms with E-state index in [2.05, 4.69) is 10.4 Å². The molecule has 7 heteroatoms. The lowest BCUT2D eigenvalue weighted by molar-refractivity contribution is -0.141. The number of aryl methyl sites for hydroxylation is 2. The maximum absolute atomic E-state index is 12.0. The highest BCUT2D eigenvalue weighted by Crippen LogP contribution is 2.21. The minimum absolute atomic E-state index is 0.106. The van der Waals surface area contributed by atoms with Crippen LogP contribution in [0.3, 0.4) is 0 Å². The third-order valence-corrected chi connectivity index (χ3v) is 3.99. The summed E-state index contributed by atoms with van der Waals surface area (Å²) in [5.74, 6) is -0.916. The molecule has 2 rings (SSSR count). The van der Waals surface area contributed by atoms with Crippen LogP contribution < -0.4 is 10.1 Å². The molecule has 0 aliphatic heterocycles. The average molecular weight is 345 g/mol. The van der Waals surface area contributed by atoms with E-state index in [-0.39, 0.29) is 12.5 Å². The standard InChI is InChI=1S/C18H23N3O4/c1-11(18(23)24)9-14-5-7-15(8-6-14)19-16(22)10-25-17-12(2)20-21(4)13(17)3/h5-8,11H,9-10H2,1-4H3,(H,19,22)(H,23,24). The summed E-state index contributed by atoms with van der Waals surface area (Å²) >= 11 is 0. The van der Waals surface area contributed by atoms with Crippen LogP contribution >= 0.6 is 0 Å². The fourth-order valence-electron chi connectivity index (χ4n) is 2.46. The summed E-state index contributed by atoms with van der Waals surface area (Å²) in [4.78, 5) is 22.9. The van der Waals surface area contributed by atoms with Gasteiger partial charge in [-0.3, -0.25) is 14.3 Å². The van der Waals surface area contributed by atoms with E-state index in [0.29, 0.717) is 17.9 Å².